The predicted molar refractivity (Wildman–Crippen MR) is 106 cm³/mol. The number of hydrogen-bond acceptors (Lipinski definition) is 4. The van der Waals surface area contributed by atoms with Gasteiger partial charge in [-0.3, -0.25) is 4.90 Å². The molecule has 0 aliphatic rings. The average molecular weight is 398 g/mol. The molecule has 0 fully saturated rings. The molecule has 6 heteroatoms. The number of ether oxygens (including phenoxy) is 2. The number of nitrogens with zero attached hydrogens (tertiary/aromatic N) is 1. The topological polar surface area (TPSA) is 41.9 Å². The van der Waals surface area contributed by atoms with E-state index in [1.807, 2.05) is 55.3 Å². The molecule has 0 bridgehead atoms. The van der Waals surface area contributed by atoms with Gasteiger partial charge in [0.15, 0.2) is 0 Å². The van der Waals surface area contributed by atoms with Crippen molar-refractivity contribution < 1.29 is 14.6 Å². The van der Waals surface area contributed by atoms with E-state index in [-0.39, 0.29) is 12.6 Å². The summed E-state index contributed by atoms with van der Waals surface area (Å²) in [6.07, 6.45) is -0.608. The van der Waals surface area contributed by atoms with Crippen LogP contribution in [0.2, 0.25) is 10.0 Å². The van der Waals surface area contributed by atoms with Gasteiger partial charge in [0.2, 0.25) is 0 Å². The van der Waals surface area contributed by atoms with E-state index in [0.29, 0.717) is 23.2 Å². The third-order valence-corrected chi connectivity index (χ3v) is 4.90. The van der Waals surface area contributed by atoms with E-state index in [1.54, 1.807) is 13.2 Å². The monoisotopic (exact) mass is 397 g/mol. The minimum Gasteiger partial charge on any atom is -0.496 e. The van der Waals surface area contributed by atoms with Crippen molar-refractivity contribution in [1.29, 1.82) is 0 Å². The Morgan fingerprint density at radius 2 is 1.88 bits per heavy atom. The Balaban J connectivity index is 1.83. The van der Waals surface area contributed by atoms with Crippen LogP contribution in [0.15, 0.2) is 42.5 Å². The zero-order valence-corrected chi connectivity index (χ0v) is 16.8. The summed E-state index contributed by atoms with van der Waals surface area (Å²) < 4.78 is 10.9. The maximum Gasteiger partial charge on any atom is 0.124 e. The fourth-order valence-corrected chi connectivity index (χ4v) is 3.31. The fraction of sp³-hybridized carbons (Fsp3) is 0.400. The maximum absolute atomic E-state index is 10.3. The largest absolute Gasteiger partial charge is 0.496 e. The number of halogens is 2. The van der Waals surface area contributed by atoms with Gasteiger partial charge in [-0.2, -0.15) is 0 Å². The summed E-state index contributed by atoms with van der Waals surface area (Å²) in [5.74, 6) is 0.783. The molecule has 0 amide bonds. The summed E-state index contributed by atoms with van der Waals surface area (Å²) in [5.41, 5.74) is 1.93. The zero-order chi connectivity index (χ0) is 19.1. The Bertz CT molecular complexity index is 711. The molecular weight excluding hydrogens is 373 g/mol. The van der Waals surface area contributed by atoms with Crippen molar-refractivity contribution in [2.24, 2.45) is 0 Å². The Hall–Kier alpha value is -1.30. The van der Waals surface area contributed by atoms with Crippen molar-refractivity contribution in [3.05, 3.63) is 63.6 Å². The van der Waals surface area contributed by atoms with Gasteiger partial charge in [-0.05, 0) is 37.7 Å². The molecule has 1 N–H and O–H groups in total. The van der Waals surface area contributed by atoms with E-state index in [1.165, 1.54) is 0 Å². The van der Waals surface area contributed by atoms with Crippen LogP contribution in [0.1, 0.15) is 24.1 Å². The smallest absolute Gasteiger partial charge is 0.124 e. The van der Waals surface area contributed by atoms with Crippen molar-refractivity contribution in [3.8, 4) is 5.75 Å². The molecule has 0 radical (unpaired) electrons. The highest BCUT2D eigenvalue weighted by Crippen LogP contribution is 2.29. The van der Waals surface area contributed by atoms with E-state index in [2.05, 4.69) is 0 Å². The Morgan fingerprint density at radius 3 is 2.58 bits per heavy atom. The molecule has 0 saturated heterocycles. The van der Waals surface area contributed by atoms with E-state index >= 15 is 0 Å². The van der Waals surface area contributed by atoms with Crippen LogP contribution in [0.25, 0.3) is 0 Å². The lowest BCUT2D eigenvalue weighted by atomic mass is 10.1. The fourth-order valence-electron chi connectivity index (χ4n) is 2.75. The highest BCUT2D eigenvalue weighted by atomic mass is 35.5. The van der Waals surface area contributed by atoms with E-state index in [0.717, 1.165) is 16.9 Å². The molecule has 26 heavy (non-hydrogen) atoms. The molecule has 142 valence electrons. The van der Waals surface area contributed by atoms with Crippen molar-refractivity contribution >= 4 is 23.2 Å². The number of methoxy groups -OCH3 is 1. The number of aliphatic hydroxyl groups is 1. The van der Waals surface area contributed by atoms with Gasteiger partial charge in [0, 0.05) is 28.2 Å². The van der Waals surface area contributed by atoms with E-state index in [4.69, 9.17) is 32.7 Å². The Morgan fingerprint density at radius 1 is 1.15 bits per heavy atom. The molecule has 0 aliphatic carbocycles. The standard InChI is InChI=1S/C20H25Cl2NO3/c1-14(18-9-8-16(21)10-19(18)22)23(2)11-17(24)13-26-12-15-6-4-5-7-20(15)25-3/h4-10,14,17,24H,11-13H2,1-3H3. The van der Waals surface area contributed by atoms with Gasteiger partial charge < -0.3 is 14.6 Å². The second-order valence-corrected chi connectivity index (χ2v) is 7.11. The van der Waals surface area contributed by atoms with Gasteiger partial charge in [-0.15, -0.1) is 0 Å². The van der Waals surface area contributed by atoms with Crippen LogP contribution in [0.4, 0.5) is 0 Å². The Kier molecular flexibility index (Phi) is 8.19. The van der Waals surface area contributed by atoms with Crippen LogP contribution >= 0.6 is 23.2 Å². The number of hydrogen-bond donors (Lipinski definition) is 1. The lowest BCUT2D eigenvalue weighted by Crippen LogP contribution is -2.34. The minimum absolute atomic E-state index is 0.0450. The van der Waals surface area contributed by atoms with Crippen molar-refractivity contribution in [1.82, 2.24) is 4.90 Å². The molecule has 0 spiro atoms. The molecule has 0 saturated carbocycles. The number of likely N-dealkylation sites (N-methyl/N-ethyl adjacent to an activating group) is 1. The number of rotatable bonds is 9. The number of para-hydroxylation sites is 1. The quantitative estimate of drug-likeness (QED) is 0.672. The maximum atomic E-state index is 10.3. The third-order valence-electron chi connectivity index (χ3n) is 4.33. The van der Waals surface area contributed by atoms with Crippen LogP contribution in [-0.2, 0) is 11.3 Å². The lowest BCUT2D eigenvalue weighted by Gasteiger charge is -2.28. The minimum atomic E-state index is -0.608. The first-order chi connectivity index (χ1) is 12.4. The van der Waals surface area contributed by atoms with E-state index < -0.39 is 6.10 Å². The second-order valence-electron chi connectivity index (χ2n) is 6.26. The second kappa shape index (κ2) is 10.1. The van der Waals surface area contributed by atoms with Crippen LogP contribution in [0.5, 0.6) is 5.75 Å². The third kappa shape index (κ3) is 5.86. The SMILES string of the molecule is COc1ccccc1COCC(O)CN(C)C(C)c1ccc(Cl)cc1Cl. The molecule has 0 aliphatic heterocycles. The van der Waals surface area contributed by atoms with Crippen molar-refractivity contribution in [2.45, 2.75) is 25.7 Å². The number of benzene rings is 2. The van der Waals surface area contributed by atoms with Crippen LogP contribution in [0.3, 0.4) is 0 Å². The predicted octanol–water partition coefficient (Wildman–Crippen LogP) is 4.57. The van der Waals surface area contributed by atoms with Gasteiger partial charge in [-0.25, -0.2) is 0 Å². The molecule has 2 aromatic rings. The molecular formula is C20H25Cl2NO3. The summed E-state index contributed by atoms with van der Waals surface area (Å²) in [6.45, 7) is 3.14. The average Bonchev–Trinajstić information content (AvgIpc) is 2.61. The summed E-state index contributed by atoms with van der Waals surface area (Å²) in [7, 11) is 3.57. The molecule has 4 nitrogen and oxygen atoms in total. The summed E-state index contributed by atoms with van der Waals surface area (Å²) in [4.78, 5) is 2.03. The normalized spacial score (nSPS) is 13.7. The van der Waals surface area contributed by atoms with Crippen LogP contribution < -0.4 is 4.74 Å². The summed E-state index contributed by atoms with van der Waals surface area (Å²) >= 11 is 12.2. The highest BCUT2D eigenvalue weighted by molar-refractivity contribution is 6.35. The van der Waals surface area contributed by atoms with Crippen LogP contribution in [-0.4, -0.2) is 43.4 Å². The van der Waals surface area contributed by atoms with Crippen LogP contribution in [0, 0.1) is 0 Å². The first kappa shape index (κ1) is 21.0. The molecule has 2 rings (SSSR count). The molecule has 2 aromatic carbocycles. The molecule has 0 heterocycles. The summed E-state index contributed by atoms with van der Waals surface area (Å²) in [6, 6.07) is 13.2. The van der Waals surface area contributed by atoms with Gasteiger partial charge >= 0.3 is 0 Å². The first-order valence-corrected chi connectivity index (χ1v) is 9.20. The lowest BCUT2D eigenvalue weighted by molar-refractivity contribution is 0.00806. The van der Waals surface area contributed by atoms with Gasteiger partial charge in [0.1, 0.15) is 5.75 Å². The summed E-state index contributed by atoms with van der Waals surface area (Å²) in [5, 5.41) is 11.5. The zero-order valence-electron chi connectivity index (χ0n) is 15.3. The van der Waals surface area contributed by atoms with Gasteiger partial charge in [0.25, 0.3) is 0 Å². The van der Waals surface area contributed by atoms with Crippen molar-refractivity contribution in [2.75, 3.05) is 27.3 Å². The highest BCUT2D eigenvalue weighted by Gasteiger charge is 2.18. The molecule has 2 atom stereocenters. The Labute approximate surface area is 165 Å². The number of aliphatic hydroxyl groups excluding tert-OH is 1. The molecule has 2 unspecified atom stereocenters. The molecule has 0 aromatic heterocycles. The van der Waals surface area contributed by atoms with Gasteiger partial charge in [-0.1, -0.05) is 47.5 Å². The first-order valence-electron chi connectivity index (χ1n) is 8.45. The van der Waals surface area contributed by atoms with E-state index in [9.17, 15) is 5.11 Å². The van der Waals surface area contributed by atoms with Crippen molar-refractivity contribution in [3.63, 3.8) is 0 Å². The van der Waals surface area contributed by atoms with Gasteiger partial charge in [0.05, 0.1) is 26.4 Å².